The predicted molar refractivity (Wildman–Crippen MR) is 80.5 cm³/mol. The van der Waals surface area contributed by atoms with Crippen LogP contribution in [0.15, 0.2) is 0 Å². The SMILES string of the molecule is C[C@H](OCCC(C)(C)O)C1CC[C@H]2C(O)CCCC12C. The van der Waals surface area contributed by atoms with Gasteiger partial charge >= 0.3 is 0 Å². The highest BCUT2D eigenvalue weighted by Crippen LogP contribution is 2.56. The highest BCUT2D eigenvalue weighted by Gasteiger charge is 2.52. The molecule has 3 nitrogen and oxygen atoms in total. The van der Waals surface area contributed by atoms with E-state index in [9.17, 15) is 10.2 Å². The van der Waals surface area contributed by atoms with Crippen molar-refractivity contribution < 1.29 is 14.9 Å². The number of aliphatic hydroxyl groups is 2. The van der Waals surface area contributed by atoms with E-state index in [0.717, 1.165) is 19.3 Å². The van der Waals surface area contributed by atoms with Crippen LogP contribution in [0.2, 0.25) is 0 Å². The fourth-order valence-electron chi connectivity index (χ4n) is 4.57. The summed E-state index contributed by atoms with van der Waals surface area (Å²) in [5, 5.41) is 20.0. The van der Waals surface area contributed by atoms with Gasteiger partial charge in [-0.3, -0.25) is 0 Å². The Hall–Kier alpha value is -0.120. The van der Waals surface area contributed by atoms with Crippen LogP contribution in [0, 0.1) is 17.3 Å². The molecule has 2 aliphatic carbocycles. The molecule has 3 heteroatoms. The van der Waals surface area contributed by atoms with Crippen molar-refractivity contribution in [2.45, 2.75) is 84.0 Å². The van der Waals surface area contributed by atoms with Gasteiger partial charge in [-0.25, -0.2) is 0 Å². The molecule has 20 heavy (non-hydrogen) atoms. The smallest absolute Gasteiger partial charge is 0.0613 e. The van der Waals surface area contributed by atoms with E-state index in [1.807, 2.05) is 13.8 Å². The molecular formula is C17H32O3. The molecule has 0 spiro atoms. The van der Waals surface area contributed by atoms with Gasteiger partial charge in [0.25, 0.3) is 0 Å². The first-order valence-corrected chi connectivity index (χ1v) is 8.26. The zero-order valence-corrected chi connectivity index (χ0v) is 13.6. The Morgan fingerprint density at radius 3 is 2.65 bits per heavy atom. The van der Waals surface area contributed by atoms with Gasteiger partial charge in [0.1, 0.15) is 0 Å². The van der Waals surface area contributed by atoms with Crippen LogP contribution in [0.5, 0.6) is 0 Å². The molecule has 0 aromatic carbocycles. The second-order valence-electron chi connectivity index (χ2n) is 7.89. The molecule has 0 bridgehead atoms. The van der Waals surface area contributed by atoms with Gasteiger partial charge in [0.05, 0.1) is 17.8 Å². The minimum absolute atomic E-state index is 0.109. The predicted octanol–water partition coefficient (Wildman–Crippen LogP) is 3.13. The van der Waals surface area contributed by atoms with Crippen molar-refractivity contribution in [2.75, 3.05) is 6.61 Å². The van der Waals surface area contributed by atoms with E-state index in [0.29, 0.717) is 24.9 Å². The van der Waals surface area contributed by atoms with Gasteiger partial charge in [0, 0.05) is 6.61 Å². The number of fused-ring (bicyclic) bond motifs is 1. The second kappa shape index (κ2) is 5.94. The molecule has 2 N–H and O–H groups in total. The van der Waals surface area contributed by atoms with Gasteiger partial charge in [-0.2, -0.15) is 0 Å². The second-order valence-corrected chi connectivity index (χ2v) is 7.89. The maximum absolute atomic E-state index is 10.3. The first-order chi connectivity index (χ1) is 9.24. The highest BCUT2D eigenvalue weighted by atomic mass is 16.5. The van der Waals surface area contributed by atoms with E-state index in [4.69, 9.17) is 4.74 Å². The van der Waals surface area contributed by atoms with Crippen molar-refractivity contribution in [3.05, 3.63) is 0 Å². The maximum atomic E-state index is 10.3. The van der Waals surface area contributed by atoms with E-state index >= 15 is 0 Å². The maximum Gasteiger partial charge on any atom is 0.0613 e. The number of ether oxygens (including phenoxy) is 1. The molecule has 2 rings (SSSR count). The fourth-order valence-corrected chi connectivity index (χ4v) is 4.57. The van der Waals surface area contributed by atoms with Gasteiger partial charge < -0.3 is 14.9 Å². The number of hydrogen-bond acceptors (Lipinski definition) is 3. The van der Waals surface area contributed by atoms with Crippen LogP contribution in [-0.4, -0.2) is 34.6 Å². The third-order valence-corrected chi connectivity index (χ3v) is 5.82. The summed E-state index contributed by atoms with van der Waals surface area (Å²) in [6, 6.07) is 0. The quantitative estimate of drug-likeness (QED) is 0.815. The Morgan fingerprint density at radius 1 is 1.30 bits per heavy atom. The lowest BCUT2D eigenvalue weighted by molar-refractivity contribution is -0.0725. The molecule has 2 saturated carbocycles. The van der Waals surface area contributed by atoms with Gasteiger partial charge in [-0.15, -0.1) is 0 Å². The Morgan fingerprint density at radius 2 is 2.00 bits per heavy atom. The molecule has 0 heterocycles. The van der Waals surface area contributed by atoms with Crippen molar-refractivity contribution in [2.24, 2.45) is 17.3 Å². The summed E-state index contributed by atoms with van der Waals surface area (Å²) in [5.41, 5.74) is -0.408. The van der Waals surface area contributed by atoms with E-state index in [-0.39, 0.29) is 17.6 Å². The summed E-state index contributed by atoms with van der Waals surface area (Å²) >= 11 is 0. The zero-order chi connectivity index (χ0) is 15.0. The largest absolute Gasteiger partial charge is 0.393 e. The highest BCUT2D eigenvalue weighted by molar-refractivity contribution is 5.02. The van der Waals surface area contributed by atoms with E-state index in [2.05, 4.69) is 13.8 Å². The van der Waals surface area contributed by atoms with Crippen LogP contribution >= 0.6 is 0 Å². The summed E-state index contributed by atoms with van der Waals surface area (Å²) in [4.78, 5) is 0. The van der Waals surface area contributed by atoms with Crippen molar-refractivity contribution >= 4 is 0 Å². The zero-order valence-electron chi connectivity index (χ0n) is 13.6. The molecule has 3 unspecified atom stereocenters. The van der Waals surface area contributed by atoms with E-state index in [1.54, 1.807) is 0 Å². The molecule has 5 atom stereocenters. The lowest BCUT2D eigenvalue weighted by atomic mass is 9.63. The molecule has 2 fully saturated rings. The van der Waals surface area contributed by atoms with Crippen molar-refractivity contribution in [1.29, 1.82) is 0 Å². The third-order valence-electron chi connectivity index (χ3n) is 5.82. The monoisotopic (exact) mass is 284 g/mol. The summed E-state index contributed by atoms with van der Waals surface area (Å²) in [7, 11) is 0. The summed E-state index contributed by atoms with van der Waals surface area (Å²) < 4.78 is 6.01. The Labute approximate surface area is 123 Å². The fraction of sp³-hybridized carbons (Fsp3) is 1.00. The molecular weight excluding hydrogens is 252 g/mol. The van der Waals surface area contributed by atoms with Crippen molar-refractivity contribution in [3.8, 4) is 0 Å². The number of aliphatic hydroxyl groups excluding tert-OH is 1. The lowest BCUT2D eigenvalue weighted by Gasteiger charge is -2.45. The molecule has 0 saturated heterocycles. The molecule has 0 aromatic rings. The molecule has 0 radical (unpaired) electrons. The molecule has 0 aliphatic heterocycles. The number of rotatable bonds is 5. The first-order valence-electron chi connectivity index (χ1n) is 8.26. The summed E-state index contributed by atoms with van der Waals surface area (Å²) in [5.74, 6) is 1.01. The van der Waals surface area contributed by atoms with Crippen LogP contribution in [0.1, 0.15) is 66.2 Å². The third kappa shape index (κ3) is 3.37. The van der Waals surface area contributed by atoms with Gasteiger partial charge in [0.15, 0.2) is 0 Å². The summed E-state index contributed by atoms with van der Waals surface area (Å²) in [6.45, 7) is 8.79. The first kappa shape index (κ1) is 16.3. The average Bonchev–Trinajstić information content (AvgIpc) is 2.66. The standard InChI is InChI=1S/C17H32O3/c1-12(20-11-10-16(2,3)19)13-7-8-14-15(18)6-5-9-17(13,14)4/h12-15,18-19H,5-11H2,1-4H3/t12-,13?,14-,15?,17?/m0/s1. The van der Waals surface area contributed by atoms with E-state index < -0.39 is 5.60 Å². The molecule has 0 amide bonds. The van der Waals surface area contributed by atoms with Gasteiger partial charge in [0.2, 0.25) is 0 Å². The Kier molecular flexibility index (Phi) is 4.83. The number of hydrogen-bond donors (Lipinski definition) is 2. The van der Waals surface area contributed by atoms with Crippen molar-refractivity contribution in [1.82, 2.24) is 0 Å². The van der Waals surface area contributed by atoms with Crippen molar-refractivity contribution in [3.63, 3.8) is 0 Å². The molecule has 118 valence electrons. The van der Waals surface area contributed by atoms with Crippen LogP contribution in [0.25, 0.3) is 0 Å². The van der Waals surface area contributed by atoms with Crippen LogP contribution in [0.4, 0.5) is 0 Å². The average molecular weight is 284 g/mol. The minimum atomic E-state index is -0.650. The van der Waals surface area contributed by atoms with Crippen LogP contribution < -0.4 is 0 Å². The Bertz CT molecular complexity index is 323. The summed E-state index contributed by atoms with van der Waals surface area (Å²) in [6.07, 6.45) is 6.43. The van der Waals surface area contributed by atoms with Crippen LogP contribution in [0.3, 0.4) is 0 Å². The van der Waals surface area contributed by atoms with E-state index in [1.165, 1.54) is 12.8 Å². The molecule has 0 aromatic heterocycles. The topological polar surface area (TPSA) is 49.7 Å². The molecule has 2 aliphatic rings. The lowest BCUT2D eigenvalue weighted by Crippen LogP contribution is -2.43. The van der Waals surface area contributed by atoms with Crippen LogP contribution in [-0.2, 0) is 4.74 Å². The van der Waals surface area contributed by atoms with Gasteiger partial charge in [-0.05, 0) is 70.1 Å². The normalized spacial score (nSPS) is 39.6. The Balaban J connectivity index is 1.92. The minimum Gasteiger partial charge on any atom is -0.393 e. The van der Waals surface area contributed by atoms with Gasteiger partial charge in [-0.1, -0.05) is 13.3 Å².